The second-order valence-corrected chi connectivity index (χ2v) is 6.47. The minimum Gasteiger partial charge on any atom is -0.486 e. The van der Waals surface area contributed by atoms with Crippen molar-refractivity contribution in [3.63, 3.8) is 0 Å². The summed E-state index contributed by atoms with van der Waals surface area (Å²) in [5.41, 5.74) is 1.82. The monoisotopic (exact) mass is 344 g/mol. The van der Waals surface area contributed by atoms with Crippen LogP contribution in [0, 0.1) is 0 Å². The molecule has 4 nitrogen and oxygen atoms in total. The Morgan fingerprint density at radius 2 is 1.77 bits per heavy atom. The molecule has 0 saturated heterocycles. The van der Waals surface area contributed by atoms with Crippen molar-refractivity contribution in [2.75, 3.05) is 0 Å². The van der Waals surface area contributed by atoms with Gasteiger partial charge in [0.15, 0.2) is 5.78 Å². The van der Waals surface area contributed by atoms with E-state index in [1.54, 1.807) is 6.92 Å². The van der Waals surface area contributed by atoms with Crippen molar-refractivity contribution in [2.45, 2.75) is 26.5 Å². The fourth-order valence-electron chi connectivity index (χ4n) is 3.22. The summed E-state index contributed by atoms with van der Waals surface area (Å²) in [6, 6.07) is 21.8. The fraction of sp³-hybridized carbons (Fsp3) is 0.182. The summed E-state index contributed by atoms with van der Waals surface area (Å²) in [7, 11) is 0. The first-order valence-electron chi connectivity index (χ1n) is 8.71. The number of hydrogen-bond donors (Lipinski definition) is 0. The molecule has 0 aliphatic heterocycles. The lowest BCUT2D eigenvalue weighted by Crippen LogP contribution is -2.17. The number of Topliss-reactive ketones (excluding diaryl/α,β-unsaturated/α-hetero) is 1. The number of para-hydroxylation sites is 2. The van der Waals surface area contributed by atoms with E-state index >= 15 is 0 Å². The molecule has 4 heteroatoms. The number of carbonyl (C=O) groups is 1. The highest BCUT2D eigenvalue weighted by atomic mass is 16.5. The molecule has 1 heterocycles. The van der Waals surface area contributed by atoms with Crippen molar-refractivity contribution < 1.29 is 9.53 Å². The van der Waals surface area contributed by atoms with Gasteiger partial charge in [0.1, 0.15) is 18.2 Å². The zero-order valence-corrected chi connectivity index (χ0v) is 14.8. The number of hydrogen-bond acceptors (Lipinski definition) is 3. The minimum absolute atomic E-state index is 0.0973. The van der Waals surface area contributed by atoms with E-state index in [1.807, 2.05) is 66.1 Å². The topological polar surface area (TPSA) is 44.1 Å². The predicted octanol–water partition coefficient (Wildman–Crippen LogP) is 4.92. The number of ketones is 1. The van der Waals surface area contributed by atoms with Crippen molar-refractivity contribution in [3.8, 4) is 5.75 Å². The molecule has 0 spiro atoms. The highest BCUT2D eigenvalue weighted by Crippen LogP contribution is 2.25. The van der Waals surface area contributed by atoms with Gasteiger partial charge in [0, 0.05) is 0 Å². The lowest BCUT2D eigenvalue weighted by Gasteiger charge is -2.15. The Morgan fingerprint density at radius 3 is 2.58 bits per heavy atom. The summed E-state index contributed by atoms with van der Waals surface area (Å²) < 4.78 is 7.98. The zero-order valence-electron chi connectivity index (χ0n) is 14.8. The number of fused-ring (bicyclic) bond motifs is 2. The number of rotatable bonds is 5. The van der Waals surface area contributed by atoms with Crippen LogP contribution in [0.4, 0.5) is 0 Å². The molecule has 0 amide bonds. The maximum absolute atomic E-state index is 12.0. The van der Waals surface area contributed by atoms with E-state index in [9.17, 15) is 4.79 Å². The van der Waals surface area contributed by atoms with E-state index in [0.29, 0.717) is 6.61 Å². The molecule has 0 aliphatic carbocycles. The number of aromatic nitrogens is 2. The number of nitrogens with zero attached hydrogens (tertiary/aromatic N) is 2. The Hall–Kier alpha value is -3.14. The van der Waals surface area contributed by atoms with Crippen LogP contribution < -0.4 is 4.74 Å². The minimum atomic E-state index is -0.280. The van der Waals surface area contributed by atoms with Gasteiger partial charge in [-0.25, -0.2) is 4.98 Å². The maximum atomic E-state index is 12.0. The van der Waals surface area contributed by atoms with Crippen LogP contribution in [-0.2, 0) is 11.4 Å². The van der Waals surface area contributed by atoms with Crippen LogP contribution in [0.15, 0.2) is 66.7 Å². The molecule has 1 aromatic heterocycles. The molecule has 26 heavy (non-hydrogen) atoms. The Bertz CT molecular complexity index is 1100. The summed E-state index contributed by atoms with van der Waals surface area (Å²) in [6.45, 7) is 3.81. The molecule has 0 fully saturated rings. The van der Waals surface area contributed by atoms with Gasteiger partial charge in [0.05, 0.1) is 17.1 Å². The van der Waals surface area contributed by atoms with Gasteiger partial charge in [0.25, 0.3) is 0 Å². The number of carbonyl (C=O) groups excluding carboxylic acids is 1. The largest absolute Gasteiger partial charge is 0.486 e. The molecular weight excluding hydrogens is 324 g/mol. The van der Waals surface area contributed by atoms with Gasteiger partial charge in [0.2, 0.25) is 0 Å². The van der Waals surface area contributed by atoms with Crippen molar-refractivity contribution in [3.05, 3.63) is 72.6 Å². The van der Waals surface area contributed by atoms with E-state index in [-0.39, 0.29) is 11.8 Å². The third-order valence-corrected chi connectivity index (χ3v) is 4.73. The first-order valence-corrected chi connectivity index (χ1v) is 8.71. The van der Waals surface area contributed by atoms with Gasteiger partial charge in [-0.3, -0.25) is 4.79 Å². The second-order valence-electron chi connectivity index (χ2n) is 6.47. The summed E-state index contributed by atoms with van der Waals surface area (Å²) in [5, 5.41) is 2.31. The smallest absolute Gasteiger partial charge is 0.152 e. The van der Waals surface area contributed by atoms with E-state index in [1.165, 1.54) is 5.39 Å². The Balaban J connectivity index is 1.67. The highest BCUT2D eigenvalue weighted by Gasteiger charge is 2.19. The molecule has 0 bridgehead atoms. The Labute approximate surface area is 152 Å². The van der Waals surface area contributed by atoms with Gasteiger partial charge in [-0.15, -0.1) is 0 Å². The summed E-state index contributed by atoms with van der Waals surface area (Å²) >= 11 is 0. The van der Waals surface area contributed by atoms with Crippen LogP contribution in [0.3, 0.4) is 0 Å². The van der Waals surface area contributed by atoms with Crippen molar-refractivity contribution in [1.29, 1.82) is 0 Å². The number of ether oxygens (including phenoxy) is 1. The molecule has 1 atom stereocenters. The summed E-state index contributed by atoms with van der Waals surface area (Å²) in [5.74, 6) is 1.64. The third-order valence-electron chi connectivity index (χ3n) is 4.73. The summed E-state index contributed by atoms with van der Waals surface area (Å²) in [6.07, 6.45) is 0. The molecule has 0 N–H and O–H groups in total. The van der Waals surface area contributed by atoms with Crippen LogP contribution in [0.1, 0.15) is 25.7 Å². The summed E-state index contributed by atoms with van der Waals surface area (Å²) in [4.78, 5) is 16.6. The average molecular weight is 344 g/mol. The molecule has 0 radical (unpaired) electrons. The van der Waals surface area contributed by atoms with Gasteiger partial charge in [-0.2, -0.15) is 0 Å². The van der Waals surface area contributed by atoms with Gasteiger partial charge in [-0.05, 0) is 48.9 Å². The molecule has 4 rings (SSSR count). The maximum Gasteiger partial charge on any atom is 0.152 e. The van der Waals surface area contributed by atoms with Crippen LogP contribution in [0.5, 0.6) is 5.75 Å². The van der Waals surface area contributed by atoms with Crippen LogP contribution in [0.2, 0.25) is 0 Å². The van der Waals surface area contributed by atoms with E-state index in [0.717, 1.165) is 28.0 Å². The molecule has 1 unspecified atom stereocenters. The first-order chi connectivity index (χ1) is 12.6. The van der Waals surface area contributed by atoms with E-state index in [2.05, 4.69) is 17.1 Å². The SMILES string of the molecule is CC(=O)C(C)n1c(COc2ccc3ccccc3c2)nc2ccccc21. The molecule has 4 aromatic rings. The zero-order chi connectivity index (χ0) is 18.1. The molecule has 0 aliphatic rings. The van der Waals surface area contributed by atoms with E-state index in [4.69, 9.17) is 4.74 Å². The Morgan fingerprint density at radius 1 is 1.04 bits per heavy atom. The lowest BCUT2D eigenvalue weighted by molar-refractivity contribution is -0.119. The van der Waals surface area contributed by atoms with Gasteiger partial charge in [-0.1, -0.05) is 42.5 Å². The highest BCUT2D eigenvalue weighted by molar-refractivity contribution is 5.84. The quantitative estimate of drug-likeness (QED) is 0.516. The molecular formula is C22H20N2O2. The van der Waals surface area contributed by atoms with Crippen LogP contribution in [-0.4, -0.2) is 15.3 Å². The lowest BCUT2D eigenvalue weighted by atomic mass is 10.1. The Kier molecular flexibility index (Phi) is 4.17. The normalized spacial score (nSPS) is 12.4. The van der Waals surface area contributed by atoms with Gasteiger partial charge >= 0.3 is 0 Å². The van der Waals surface area contributed by atoms with Crippen molar-refractivity contribution in [1.82, 2.24) is 9.55 Å². The van der Waals surface area contributed by atoms with Crippen LogP contribution in [0.25, 0.3) is 21.8 Å². The van der Waals surface area contributed by atoms with E-state index < -0.39 is 0 Å². The van der Waals surface area contributed by atoms with Gasteiger partial charge < -0.3 is 9.30 Å². The standard InChI is InChI=1S/C22H20N2O2/c1-15(16(2)25)24-21-10-6-5-9-20(21)23-22(24)14-26-19-12-11-17-7-3-4-8-18(17)13-19/h3-13,15H,14H2,1-2H3. The number of imidazole rings is 1. The second kappa shape index (κ2) is 6.64. The van der Waals surface area contributed by atoms with Crippen LogP contribution >= 0.6 is 0 Å². The average Bonchev–Trinajstić information content (AvgIpc) is 3.03. The number of benzene rings is 3. The molecule has 3 aromatic carbocycles. The van der Waals surface area contributed by atoms with Crippen molar-refractivity contribution in [2.24, 2.45) is 0 Å². The molecule has 0 saturated carbocycles. The van der Waals surface area contributed by atoms with Crippen molar-refractivity contribution >= 4 is 27.6 Å². The predicted molar refractivity (Wildman–Crippen MR) is 103 cm³/mol. The fourth-order valence-corrected chi connectivity index (χ4v) is 3.22. The third kappa shape index (κ3) is 2.94. The molecule has 130 valence electrons. The first kappa shape index (κ1) is 16.3.